The highest BCUT2D eigenvalue weighted by Crippen LogP contribution is 2.45. The number of rotatable bonds is 6. The molecule has 0 spiro atoms. The summed E-state index contributed by atoms with van der Waals surface area (Å²) >= 11 is 0. The maximum atomic E-state index is 15.7. The minimum atomic E-state index is -3.32. The van der Waals surface area contributed by atoms with Crippen LogP contribution in [0.1, 0.15) is 31.4 Å². The average molecular weight is 580 g/mol. The number of carbonyl (C=O) groups is 2. The van der Waals surface area contributed by atoms with Crippen molar-refractivity contribution >= 4 is 40.3 Å². The fourth-order valence-electron chi connectivity index (χ4n) is 5.45. The summed E-state index contributed by atoms with van der Waals surface area (Å²) in [6, 6.07) is 23.5. The molecule has 0 saturated carbocycles. The van der Waals surface area contributed by atoms with Gasteiger partial charge in [-0.2, -0.15) is 0 Å². The van der Waals surface area contributed by atoms with Gasteiger partial charge in [-0.25, -0.2) is 13.6 Å². The Morgan fingerprint density at radius 3 is 2.30 bits per heavy atom. The second-order valence-corrected chi connectivity index (χ2v) is 10.7. The number of para-hydroxylation sites is 2. The van der Waals surface area contributed by atoms with Gasteiger partial charge in [0.15, 0.2) is 0 Å². The van der Waals surface area contributed by atoms with Crippen molar-refractivity contribution in [2.75, 3.05) is 16.8 Å². The van der Waals surface area contributed by atoms with E-state index in [2.05, 4.69) is 16.6 Å². The molecule has 2 aliphatic rings. The molecule has 0 bridgehead atoms. The Bertz CT molecular complexity index is 1670. The maximum absolute atomic E-state index is 15.7. The van der Waals surface area contributed by atoms with Crippen molar-refractivity contribution in [3.63, 3.8) is 0 Å². The number of alkyl halides is 2. The first-order valence-corrected chi connectivity index (χ1v) is 14.1. The van der Waals surface area contributed by atoms with Gasteiger partial charge in [-0.1, -0.05) is 78.9 Å². The van der Waals surface area contributed by atoms with Crippen molar-refractivity contribution in [3.05, 3.63) is 125 Å². The van der Waals surface area contributed by atoms with Crippen LogP contribution in [0.4, 0.5) is 20.2 Å². The Hall–Kier alpha value is -5.07. The van der Waals surface area contributed by atoms with Crippen LogP contribution in [0.25, 0.3) is 11.1 Å². The molecule has 5 rings (SSSR count). The first-order valence-electron chi connectivity index (χ1n) is 14.1. The first kappa shape index (κ1) is 29.4. The number of anilines is 2. The molecular formula is C35H31F2N3O3. The Labute approximate surface area is 249 Å². The number of carbonyl (C=O) groups excluding carboxylic acids is 3. The van der Waals surface area contributed by atoms with Crippen LogP contribution in [-0.4, -0.2) is 42.3 Å². The van der Waals surface area contributed by atoms with Crippen LogP contribution in [0.5, 0.6) is 0 Å². The van der Waals surface area contributed by atoms with Gasteiger partial charge in [-0.3, -0.25) is 9.59 Å². The quantitative estimate of drug-likeness (QED) is 0.268. The summed E-state index contributed by atoms with van der Waals surface area (Å²) in [7, 11) is 0. The van der Waals surface area contributed by atoms with Gasteiger partial charge >= 0.3 is 0 Å². The Balaban J connectivity index is 1.61. The summed E-state index contributed by atoms with van der Waals surface area (Å²) in [4.78, 5) is 40.6. The van der Waals surface area contributed by atoms with Gasteiger partial charge in [-0.15, -0.1) is 0 Å². The van der Waals surface area contributed by atoms with Crippen molar-refractivity contribution in [1.82, 2.24) is 5.32 Å². The van der Waals surface area contributed by atoms with Crippen LogP contribution in [-0.2, 0) is 14.4 Å². The molecule has 0 radical (unpaired) electrons. The van der Waals surface area contributed by atoms with Gasteiger partial charge in [0, 0.05) is 58.7 Å². The Kier molecular flexibility index (Phi) is 8.51. The molecule has 2 N–H and O–H groups in total. The predicted octanol–water partition coefficient (Wildman–Crippen LogP) is 6.23. The fraction of sp³-hybridized carbons (Fsp3) is 0.200. The van der Waals surface area contributed by atoms with Gasteiger partial charge in [0.05, 0.1) is 11.6 Å². The van der Waals surface area contributed by atoms with Crippen LogP contribution >= 0.6 is 0 Å². The van der Waals surface area contributed by atoms with E-state index in [9.17, 15) is 14.4 Å². The summed E-state index contributed by atoms with van der Waals surface area (Å²) in [5.74, 6) is -2.29. The molecule has 218 valence electrons. The molecule has 1 aliphatic heterocycles. The molecule has 1 atom stereocenters. The number of hydrogen-bond donors (Lipinski definition) is 2. The van der Waals surface area contributed by atoms with Gasteiger partial charge in [0.25, 0.3) is 11.8 Å². The van der Waals surface area contributed by atoms with Crippen LogP contribution in [0, 0.1) is 0 Å². The number of nitrogens with one attached hydrogen (secondary N) is 2. The molecule has 8 heteroatoms. The molecule has 1 heterocycles. The lowest BCUT2D eigenvalue weighted by molar-refractivity contribution is -0.117. The number of hydrogen-bond acceptors (Lipinski definition) is 4. The minimum Gasteiger partial charge on any atom is -0.359 e. The summed E-state index contributed by atoms with van der Waals surface area (Å²) in [6.45, 7) is 3.39. The van der Waals surface area contributed by atoms with E-state index in [0.29, 0.717) is 22.5 Å². The number of nitrogens with zero attached hydrogens (tertiary/aromatic N) is 1. The second-order valence-electron chi connectivity index (χ2n) is 10.7. The Morgan fingerprint density at radius 2 is 1.63 bits per heavy atom. The van der Waals surface area contributed by atoms with Crippen molar-refractivity contribution in [1.29, 1.82) is 0 Å². The molecule has 43 heavy (non-hydrogen) atoms. The van der Waals surface area contributed by atoms with Gasteiger partial charge < -0.3 is 15.5 Å². The third-order valence-electron chi connectivity index (χ3n) is 7.33. The SMILES string of the molecule is CC(C)NC(=O)C=C1c2ccccc2N(C2C=CC(C(=O)Nc3ccccc3)=C(c3ccccc3)C2=C=O)CCC1(F)F. The summed E-state index contributed by atoms with van der Waals surface area (Å²) in [5.41, 5.74) is 2.23. The fourth-order valence-corrected chi connectivity index (χ4v) is 5.45. The lowest BCUT2D eigenvalue weighted by atomic mass is 9.84. The van der Waals surface area contributed by atoms with Crippen LogP contribution in [0.15, 0.2) is 114 Å². The zero-order valence-electron chi connectivity index (χ0n) is 23.8. The van der Waals surface area contributed by atoms with Crippen LogP contribution < -0.4 is 15.5 Å². The molecule has 1 aliphatic carbocycles. The van der Waals surface area contributed by atoms with E-state index in [1.807, 2.05) is 12.1 Å². The topological polar surface area (TPSA) is 78.5 Å². The first-order chi connectivity index (χ1) is 20.7. The highest BCUT2D eigenvalue weighted by molar-refractivity contribution is 6.15. The van der Waals surface area contributed by atoms with Crippen molar-refractivity contribution < 1.29 is 23.2 Å². The van der Waals surface area contributed by atoms with Gasteiger partial charge in [0.2, 0.25) is 5.91 Å². The molecule has 3 aromatic rings. The smallest absolute Gasteiger partial charge is 0.275 e. The average Bonchev–Trinajstić information content (AvgIpc) is 3.10. The van der Waals surface area contributed by atoms with E-state index in [-0.39, 0.29) is 34.9 Å². The number of fused-ring (bicyclic) bond motifs is 1. The number of amides is 2. The van der Waals surface area contributed by atoms with E-state index < -0.39 is 30.2 Å². The summed E-state index contributed by atoms with van der Waals surface area (Å²) in [5, 5.41) is 5.53. The van der Waals surface area contributed by atoms with Gasteiger partial charge in [0.1, 0.15) is 5.94 Å². The van der Waals surface area contributed by atoms with E-state index >= 15 is 8.78 Å². The molecule has 1 unspecified atom stereocenters. The highest BCUT2D eigenvalue weighted by atomic mass is 19.3. The third-order valence-corrected chi connectivity index (χ3v) is 7.33. The van der Waals surface area contributed by atoms with E-state index in [4.69, 9.17) is 0 Å². The maximum Gasteiger partial charge on any atom is 0.275 e. The molecule has 0 aromatic heterocycles. The lowest BCUT2D eigenvalue weighted by Crippen LogP contribution is -2.39. The molecule has 6 nitrogen and oxygen atoms in total. The molecule has 0 fully saturated rings. The number of benzene rings is 3. The molecule has 3 aromatic carbocycles. The monoisotopic (exact) mass is 579 g/mol. The Morgan fingerprint density at radius 1 is 0.977 bits per heavy atom. The molecule has 2 amide bonds. The van der Waals surface area contributed by atoms with Crippen molar-refractivity contribution in [2.45, 2.75) is 38.3 Å². The van der Waals surface area contributed by atoms with Crippen LogP contribution in [0.2, 0.25) is 0 Å². The van der Waals surface area contributed by atoms with Crippen molar-refractivity contribution in [3.8, 4) is 0 Å². The molecular weight excluding hydrogens is 548 g/mol. The highest BCUT2D eigenvalue weighted by Gasteiger charge is 2.42. The minimum absolute atomic E-state index is 0.124. The number of halogens is 2. The van der Waals surface area contributed by atoms with Gasteiger partial charge in [-0.05, 0) is 37.6 Å². The zero-order chi connectivity index (χ0) is 30.6. The van der Waals surface area contributed by atoms with Crippen LogP contribution in [0.3, 0.4) is 0 Å². The van der Waals surface area contributed by atoms with E-state index in [0.717, 1.165) is 6.08 Å². The summed E-state index contributed by atoms with van der Waals surface area (Å²) < 4.78 is 31.4. The number of allylic oxidation sites excluding steroid dienone is 1. The third kappa shape index (κ3) is 6.25. The summed E-state index contributed by atoms with van der Waals surface area (Å²) in [6.07, 6.45) is 3.67. The normalized spacial score (nSPS) is 18.6. The van der Waals surface area contributed by atoms with Crippen molar-refractivity contribution in [2.24, 2.45) is 0 Å². The molecule has 0 saturated heterocycles. The predicted molar refractivity (Wildman–Crippen MR) is 165 cm³/mol. The van der Waals surface area contributed by atoms with E-state index in [1.165, 1.54) is 0 Å². The largest absolute Gasteiger partial charge is 0.359 e. The standard InChI is InChI=1S/C35H31F2N3O3/c1-23(2)38-32(42)21-29-26-15-9-10-16-30(26)40(20-19-35(29,36)37)31-18-17-27(34(43)39-25-13-7-4-8-14-25)33(28(31)22-41)24-11-5-3-6-12-24/h3-18,21,23,31H,19-20H2,1-2H3,(H,38,42)(H,39,43). The zero-order valence-corrected chi connectivity index (χ0v) is 23.8. The second kappa shape index (κ2) is 12.4. The lowest BCUT2D eigenvalue weighted by Gasteiger charge is -2.35. The van der Waals surface area contributed by atoms with E-state index in [1.54, 1.807) is 104 Å².